The highest BCUT2D eigenvalue weighted by Gasteiger charge is 2.63. The summed E-state index contributed by atoms with van der Waals surface area (Å²) in [6, 6.07) is 0. The lowest BCUT2D eigenvalue weighted by atomic mass is 9.84. The largest absolute Gasteiger partial charge is 0.463 e. The summed E-state index contributed by atoms with van der Waals surface area (Å²) in [6.07, 6.45) is -1.33. The molecule has 0 aromatic heterocycles. The first kappa shape index (κ1) is 20.3. The molecule has 3 aliphatic rings. The topological polar surface area (TPSA) is 175 Å². The fourth-order valence-electron chi connectivity index (χ4n) is 2.76. The van der Waals surface area contributed by atoms with Crippen LogP contribution >= 0.6 is 0 Å². The van der Waals surface area contributed by atoms with Crippen LogP contribution in [0.2, 0.25) is 0 Å². The van der Waals surface area contributed by atoms with E-state index in [0.29, 0.717) is 0 Å². The number of carbonyl (C=O) groups is 3. The first-order valence-corrected chi connectivity index (χ1v) is 7.94. The standard InChI is InChI=1S/C15H22N2O9/c1-3-25-9(19)6-8-4-5-26-15(10(20)13(2,23)7-18)12(22)16-14(8,24)11(21)17-15/h6,10,18,20,23-24H,3-5,7H2,1-2H3,(H,16,22)(H,17,21)/b8-6-/t10-,13-,14+,15-/m0/s1. The predicted octanol–water partition coefficient (Wildman–Crippen LogP) is -3.37. The zero-order valence-electron chi connectivity index (χ0n) is 14.3. The summed E-state index contributed by atoms with van der Waals surface area (Å²) in [6.45, 7) is 1.47. The van der Waals surface area contributed by atoms with Crippen LogP contribution in [-0.2, 0) is 23.9 Å². The molecule has 11 heteroatoms. The quantitative estimate of drug-likeness (QED) is 0.212. The van der Waals surface area contributed by atoms with Gasteiger partial charge >= 0.3 is 5.97 Å². The van der Waals surface area contributed by atoms with Crippen LogP contribution in [0.5, 0.6) is 0 Å². The number of rotatable bonds is 5. The third kappa shape index (κ3) is 3.19. The average molecular weight is 374 g/mol. The van der Waals surface area contributed by atoms with E-state index in [-0.39, 0.29) is 25.2 Å². The molecule has 2 amide bonds. The number of esters is 1. The molecule has 0 aromatic carbocycles. The summed E-state index contributed by atoms with van der Waals surface area (Å²) in [4.78, 5) is 36.7. The number of carbonyl (C=O) groups excluding carboxylic acids is 3. The van der Waals surface area contributed by atoms with E-state index in [1.54, 1.807) is 6.92 Å². The van der Waals surface area contributed by atoms with Gasteiger partial charge in [-0.15, -0.1) is 0 Å². The Morgan fingerprint density at radius 2 is 2.08 bits per heavy atom. The van der Waals surface area contributed by atoms with Gasteiger partial charge in [0, 0.05) is 11.6 Å². The van der Waals surface area contributed by atoms with E-state index in [0.717, 1.165) is 13.0 Å². The van der Waals surface area contributed by atoms with Gasteiger partial charge in [0.1, 0.15) is 11.7 Å². The van der Waals surface area contributed by atoms with E-state index in [1.165, 1.54) is 0 Å². The van der Waals surface area contributed by atoms with Crippen LogP contribution in [0.3, 0.4) is 0 Å². The number of hydrogen-bond acceptors (Lipinski definition) is 9. The van der Waals surface area contributed by atoms with Gasteiger partial charge in [-0.1, -0.05) is 0 Å². The average Bonchev–Trinajstić information content (AvgIpc) is 2.57. The summed E-state index contributed by atoms with van der Waals surface area (Å²) in [7, 11) is 0. The first-order valence-electron chi connectivity index (χ1n) is 7.94. The minimum Gasteiger partial charge on any atom is -0.463 e. The Morgan fingerprint density at radius 3 is 2.65 bits per heavy atom. The van der Waals surface area contributed by atoms with E-state index < -0.39 is 47.5 Å². The Labute approximate surface area is 148 Å². The van der Waals surface area contributed by atoms with Crippen LogP contribution < -0.4 is 10.6 Å². The molecule has 0 radical (unpaired) electrons. The van der Waals surface area contributed by atoms with E-state index in [2.05, 4.69) is 5.32 Å². The SMILES string of the molecule is CCOC(=O)/C=C1/CCO[C@]2([C@@H](O)[C@@](C)(O)CO)NC(=O)[C@@]1(O)NC2=O. The van der Waals surface area contributed by atoms with Crippen molar-refractivity contribution in [3.8, 4) is 0 Å². The van der Waals surface area contributed by atoms with Gasteiger partial charge in [0.2, 0.25) is 5.72 Å². The molecular weight excluding hydrogens is 352 g/mol. The van der Waals surface area contributed by atoms with Crippen LogP contribution in [0.15, 0.2) is 11.6 Å². The monoisotopic (exact) mass is 374 g/mol. The summed E-state index contributed by atoms with van der Waals surface area (Å²) >= 11 is 0. The second kappa shape index (κ2) is 6.93. The molecule has 3 fully saturated rings. The van der Waals surface area contributed by atoms with E-state index >= 15 is 0 Å². The normalized spacial score (nSPS) is 33.5. The Bertz CT molecular complexity index is 647. The molecule has 3 saturated heterocycles. The molecule has 0 saturated carbocycles. The van der Waals surface area contributed by atoms with Crippen molar-refractivity contribution in [2.75, 3.05) is 19.8 Å². The highest BCUT2D eigenvalue weighted by molar-refractivity contribution is 6.03. The van der Waals surface area contributed by atoms with Gasteiger partial charge in [-0.3, -0.25) is 9.59 Å². The Kier molecular flexibility index (Phi) is 5.40. The second-order valence-electron chi connectivity index (χ2n) is 6.29. The summed E-state index contributed by atoms with van der Waals surface area (Å²) in [5.74, 6) is -3.16. The fourth-order valence-corrected chi connectivity index (χ4v) is 2.76. The Morgan fingerprint density at radius 1 is 1.42 bits per heavy atom. The van der Waals surface area contributed by atoms with Crippen molar-refractivity contribution >= 4 is 17.8 Å². The molecule has 3 aliphatic heterocycles. The minimum absolute atomic E-state index is 0.0711. The van der Waals surface area contributed by atoms with E-state index in [4.69, 9.17) is 9.47 Å². The maximum atomic E-state index is 12.6. The highest BCUT2D eigenvalue weighted by Crippen LogP contribution is 2.33. The number of nitrogens with one attached hydrogen (secondary N) is 2. The molecular formula is C15H22N2O9. The summed E-state index contributed by atoms with van der Waals surface area (Å²) in [5.41, 5.74) is -7.34. The van der Waals surface area contributed by atoms with Gasteiger partial charge in [-0.05, 0) is 20.3 Å². The number of fused-ring (bicyclic) bond motifs is 5. The zero-order chi connectivity index (χ0) is 19.8. The van der Waals surface area contributed by atoms with Gasteiger partial charge in [-0.2, -0.15) is 0 Å². The van der Waals surface area contributed by atoms with Crippen molar-refractivity contribution < 1.29 is 44.3 Å². The van der Waals surface area contributed by atoms with Gasteiger partial charge in [0.15, 0.2) is 0 Å². The van der Waals surface area contributed by atoms with Crippen molar-refractivity contribution in [3.05, 3.63) is 11.6 Å². The third-order valence-electron chi connectivity index (χ3n) is 4.30. The molecule has 3 heterocycles. The lowest BCUT2D eigenvalue weighted by Gasteiger charge is -2.49. The van der Waals surface area contributed by atoms with Gasteiger partial charge in [-0.25, -0.2) is 4.79 Å². The highest BCUT2D eigenvalue weighted by atomic mass is 16.5. The maximum absolute atomic E-state index is 12.6. The summed E-state index contributed by atoms with van der Waals surface area (Å²) < 4.78 is 10.1. The molecule has 146 valence electrons. The van der Waals surface area contributed by atoms with Crippen LogP contribution in [0.4, 0.5) is 0 Å². The van der Waals surface area contributed by atoms with E-state index in [1.807, 2.05) is 5.32 Å². The number of aliphatic hydroxyl groups is 4. The molecule has 0 unspecified atom stereocenters. The fraction of sp³-hybridized carbons (Fsp3) is 0.667. The minimum atomic E-state index is -2.55. The molecule has 6 N–H and O–H groups in total. The van der Waals surface area contributed by atoms with Crippen molar-refractivity contribution in [2.24, 2.45) is 0 Å². The molecule has 0 aromatic rings. The number of piperazine rings is 1. The van der Waals surface area contributed by atoms with Crippen LogP contribution in [0.25, 0.3) is 0 Å². The first-order chi connectivity index (χ1) is 12.0. The van der Waals surface area contributed by atoms with Crippen LogP contribution in [0.1, 0.15) is 20.3 Å². The van der Waals surface area contributed by atoms with Gasteiger partial charge < -0.3 is 40.5 Å². The summed E-state index contributed by atoms with van der Waals surface area (Å²) in [5, 5.41) is 44.4. The molecule has 26 heavy (non-hydrogen) atoms. The number of ether oxygens (including phenoxy) is 2. The van der Waals surface area contributed by atoms with E-state index in [9.17, 15) is 34.8 Å². The maximum Gasteiger partial charge on any atom is 0.330 e. The lowest BCUT2D eigenvalue weighted by Crippen LogP contribution is -2.82. The smallest absolute Gasteiger partial charge is 0.330 e. The number of hydrogen-bond donors (Lipinski definition) is 6. The van der Waals surface area contributed by atoms with Crippen molar-refractivity contribution in [1.82, 2.24) is 10.6 Å². The van der Waals surface area contributed by atoms with Gasteiger partial charge in [0.05, 0.1) is 19.8 Å². The second-order valence-corrected chi connectivity index (χ2v) is 6.29. The zero-order valence-corrected chi connectivity index (χ0v) is 14.3. The Balaban J connectivity index is 2.43. The predicted molar refractivity (Wildman–Crippen MR) is 83.0 cm³/mol. The number of aliphatic hydroxyl groups excluding tert-OH is 2. The van der Waals surface area contributed by atoms with Crippen LogP contribution in [0, 0.1) is 0 Å². The Hall–Kier alpha value is -2.05. The third-order valence-corrected chi connectivity index (χ3v) is 4.30. The van der Waals surface area contributed by atoms with Crippen molar-refractivity contribution in [2.45, 2.75) is 43.4 Å². The van der Waals surface area contributed by atoms with Crippen molar-refractivity contribution in [1.29, 1.82) is 0 Å². The molecule has 11 nitrogen and oxygen atoms in total. The number of amides is 2. The van der Waals surface area contributed by atoms with Crippen LogP contribution in [-0.4, -0.2) is 81.2 Å². The van der Waals surface area contributed by atoms with Crippen molar-refractivity contribution in [3.63, 3.8) is 0 Å². The molecule has 2 bridgehead atoms. The molecule has 3 rings (SSSR count). The molecule has 0 spiro atoms. The molecule has 0 aliphatic carbocycles. The lowest BCUT2D eigenvalue weighted by molar-refractivity contribution is -0.230. The van der Waals surface area contributed by atoms with Gasteiger partial charge in [0.25, 0.3) is 17.5 Å². The molecule has 4 atom stereocenters.